The third kappa shape index (κ3) is 3.16. The highest BCUT2D eigenvalue weighted by Gasteiger charge is 2.67. The van der Waals surface area contributed by atoms with Crippen LogP contribution in [0.15, 0.2) is 0 Å². The largest absolute Gasteiger partial charge is 0.481 e. The number of hydrogen-bond donors (Lipinski definition) is 5. The van der Waals surface area contributed by atoms with Crippen LogP contribution in [0.3, 0.4) is 0 Å². The first-order chi connectivity index (χ1) is 14.0. The smallest absolute Gasteiger partial charge is 0.303 e. The predicted octanol–water partition coefficient (Wildman–Crippen LogP) is 2.42. The molecule has 12 atom stereocenters. The van der Waals surface area contributed by atoms with Crippen molar-refractivity contribution >= 4 is 5.97 Å². The highest BCUT2D eigenvalue weighted by molar-refractivity contribution is 5.66. The Labute approximate surface area is 179 Å². The van der Waals surface area contributed by atoms with Crippen LogP contribution in [0.1, 0.15) is 72.1 Å². The fourth-order valence-corrected chi connectivity index (χ4v) is 8.72. The van der Waals surface area contributed by atoms with Gasteiger partial charge in [0.15, 0.2) is 0 Å². The number of aliphatic hydroxyl groups is 4. The van der Waals surface area contributed by atoms with E-state index in [9.17, 15) is 25.2 Å². The van der Waals surface area contributed by atoms with E-state index in [1.807, 2.05) is 0 Å². The van der Waals surface area contributed by atoms with Gasteiger partial charge in [-0.2, -0.15) is 0 Å². The number of carbonyl (C=O) groups is 1. The Balaban J connectivity index is 1.64. The van der Waals surface area contributed by atoms with Crippen LogP contribution in [0.5, 0.6) is 0 Å². The van der Waals surface area contributed by atoms with E-state index in [-0.39, 0.29) is 52.8 Å². The molecule has 0 spiro atoms. The quantitative estimate of drug-likeness (QED) is 0.473. The molecule has 0 aromatic heterocycles. The van der Waals surface area contributed by atoms with Gasteiger partial charge in [-0.25, -0.2) is 0 Å². The second-order valence-corrected chi connectivity index (χ2v) is 11.5. The van der Waals surface area contributed by atoms with Crippen molar-refractivity contribution in [2.45, 2.75) is 96.6 Å². The van der Waals surface area contributed by atoms with Gasteiger partial charge in [-0.15, -0.1) is 0 Å². The highest BCUT2D eigenvalue weighted by Crippen LogP contribution is 2.68. The molecule has 0 aromatic rings. The van der Waals surface area contributed by atoms with Gasteiger partial charge >= 0.3 is 5.97 Å². The Morgan fingerprint density at radius 3 is 2.33 bits per heavy atom. The van der Waals surface area contributed by atoms with Gasteiger partial charge in [0, 0.05) is 6.42 Å². The molecule has 172 valence electrons. The molecule has 0 heterocycles. The summed E-state index contributed by atoms with van der Waals surface area (Å²) in [6.07, 6.45) is 2.67. The van der Waals surface area contributed by atoms with Gasteiger partial charge in [0.2, 0.25) is 0 Å². The SMILES string of the molecule is C[C@H](CCC(=O)O)[C@H]1CC[C@H]2[C@@H]3[C@H](O)[C@@H](O)[C@@H]4C[C@@H](O)CC[C@]4(C)[C@H]3C[C@@H](O)[C@]12C. The summed E-state index contributed by atoms with van der Waals surface area (Å²) < 4.78 is 0. The maximum Gasteiger partial charge on any atom is 0.303 e. The number of carboxylic acids is 1. The number of carboxylic acid groups (broad SMARTS) is 1. The molecule has 0 saturated heterocycles. The first-order valence-corrected chi connectivity index (χ1v) is 12.0. The standard InChI is InChI=1S/C24H40O6/c1-12(4-7-19(27)28)14-5-6-15-20-16(11-18(26)24(14,15)3)23(2)9-8-13(25)10-17(23)21(29)22(20)30/h12-18,20-22,25-26,29-30H,4-11H2,1-3H3,(H,27,28)/t12-,13+,14-,15+,16+,17+,18-,20+,21+,22+,23-,24-/m1/s1. The Morgan fingerprint density at radius 2 is 1.67 bits per heavy atom. The normalized spacial score (nSPS) is 54.0. The van der Waals surface area contributed by atoms with Crippen molar-refractivity contribution in [1.29, 1.82) is 0 Å². The fraction of sp³-hybridized carbons (Fsp3) is 0.958. The molecule has 0 amide bonds. The van der Waals surface area contributed by atoms with E-state index < -0.39 is 30.4 Å². The second kappa shape index (κ2) is 7.72. The molecule has 4 fully saturated rings. The van der Waals surface area contributed by atoms with Crippen LogP contribution in [0.25, 0.3) is 0 Å². The Bertz CT molecular complexity index is 668. The zero-order valence-corrected chi connectivity index (χ0v) is 18.6. The molecular formula is C24H40O6. The molecule has 0 aromatic carbocycles. The average Bonchev–Trinajstić information content (AvgIpc) is 3.05. The maximum atomic E-state index is 11.5. The van der Waals surface area contributed by atoms with Crippen molar-refractivity contribution < 1.29 is 30.3 Å². The van der Waals surface area contributed by atoms with Crippen molar-refractivity contribution in [2.24, 2.45) is 46.3 Å². The summed E-state index contributed by atoms with van der Waals surface area (Å²) in [4.78, 5) is 11.1. The van der Waals surface area contributed by atoms with Gasteiger partial charge in [-0.1, -0.05) is 20.8 Å². The summed E-state index contributed by atoms with van der Waals surface area (Å²) in [5.41, 5.74) is -0.547. The Hall–Kier alpha value is -0.690. The van der Waals surface area contributed by atoms with Crippen LogP contribution in [-0.4, -0.2) is 55.9 Å². The molecule has 6 heteroatoms. The predicted molar refractivity (Wildman–Crippen MR) is 111 cm³/mol. The van der Waals surface area contributed by atoms with Crippen molar-refractivity contribution in [1.82, 2.24) is 0 Å². The minimum Gasteiger partial charge on any atom is -0.481 e. The van der Waals surface area contributed by atoms with Crippen LogP contribution in [0.2, 0.25) is 0 Å². The Morgan fingerprint density at radius 1 is 0.967 bits per heavy atom. The minimum atomic E-state index is -0.839. The lowest BCUT2D eigenvalue weighted by Crippen LogP contribution is -2.66. The highest BCUT2D eigenvalue weighted by atomic mass is 16.4. The molecular weight excluding hydrogens is 384 g/mol. The van der Waals surface area contributed by atoms with Crippen molar-refractivity contribution in [2.75, 3.05) is 0 Å². The van der Waals surface area contributed by atoms with E-state index in [0.29, 0.717) is 25.7 Å². The van der Waals surface area contributed by atoms with Crippen molar-refractivity contribution in [3.05, 3.63) is 0 Å². The second-order valence-electron chi connectivity index (χ2n) is 11.5. The van der Waals surface area contributed by atoms with E-state index in [1.165, 1.54) is 0 Å². The maximum absolute atomic E-state index is 11.5. The first-order valence-electron chi connectivity index (χ1n) is 12.0. The number of fused-ring (bicyclic) bond motifs is 5. The Kier molecular flexibility index (Phi) is 5.79. The zero-order valence-electron chi connectivity index (χ0n) is 18.6. The van der Waals surface area contributed by atoms with E-state index in [4.69, 9.17) is 5.11 Å². The van der Waals surface area contributed by atoms with Gasteiger partial charge in [-0.3, -0.25) is 4.79 Å². The zero-order chi connectivity index (χ0) is 22.0. The number of hydrogen-bond acceptors (Lipinski definition) is 5. The lowest BCUT2D eigenvalue weighted by Gasteiger charge is -2.64. The molecule has 30 heavy (non-hydrogen) atoms. The van der Waals surface area contributed by atoms with Gasteiger partial charge < -0.3 is 25.5 Å². The van der Waals surface area contributed by atoms with E-state index in [0.717, 1.165) is 19.3 Å². The van der Waals surface area contributed by atoms with Gasteiger partial charge in [-0.05, 0) is 91.3 Å². The van der Waals surface area contributed by atoms with E-state index in [2.05, 4.69) is 20.8 Å². The van der Waals surface area contributed by atoms with Crippen LogP contribution in [0, 0.1) is 46.3 Å². The molecule has 5 N–H and O–H groups in total. The molecule has 0 radical (unpaired) electrons. The minimum absolute atomic E-state index is 0.0541. The summed E-state index contributed by atoms with van der Waals surface area (Å²) in [6, 6.07) is 0. The van der Waals surface area contributed by atoms with Gasteiger partial charge in [0.1, 0.15) is 0 Å². The van der Waals surface area contributed by atoms with Crippen LogP contribution in [0.4, 0.5) is 0 Å². The van der Waals surface area contributed by atoms with Gasteiger partial charge in [0.25, 0.3) is 0 Å². The van der Waals surface area contributed by atoms with E-state index in [1.54, 1.807) is 0 Å². The van der Waals surface area contributed by atoms with Gasteiger partial charge in [0.05, 0.1) is 24.4 Å². The summed E-state index contributed by atoms with van der Waals surface area (Å²) in [7, 11) is 0. The fourth-order valence-electron chi connectivity index (χ4n) is 8.72. The molecule has 4 rings (SSSR count). The van der Waals surface area contributed by atoms with Crippen LogP contribution < -0.4 is 0 Å². The lowest BCUT2D eigenvalue weighted by atomic mass is 9.42. The summed E-state index contributed by atoms with van der Waals surface area (Å²) in [5.74, 6) is -0.299. The first kappa shape index (κ1) is 22.5. The molecule has 0 unspecified atom stereocenters. The number of aliphatic hydroxyl groups excluding tert-OH is 4. The molecule has 6 nitrogen and oxygen atoms in total. The summed E-state index contributed by atoms with van der Waals surface area (Å²) in [6.45, 7) is 6.45. The van der Waals surface area contributed by atoms with E-state index >= 15 is 0 Å². The summed E-state index contributed by atoms with van der Waals surface area (Å²) in [5, 5.41) is 53.1. The molecule has 0 bridgehead atoms. The molecule has 4 aliphatic rings. The topological polar surface area (TPSA) is 118 Å². The van der Waals surface area contributed by atoms with Crippen LogP contribution in [-0.2, 0) is 4.79 Å². The number of rotatable bonds is 4. The number of aliphatic carboxylic acids is 1. The third-order valence-corrected chi connectivity index (χ3v) is 10.4. The van der Waals surface area contributed by atoms with Crippen molar-refractivity contribution in [3.8, 4) is 0 Å². The summed E-state index contributed by atoms with van der Waals surface area (Å²) >= 11 is 0. The molecule has 4 saturated carbocycles. The van der Waals surface area contributed by atoms with Crippen LogP contribution >= 0.6 is 0 Å². The monoisotopic (exact) mass is 424 g/mol. The molecule has 4 aliphatic carbocycles. The average molecular weight is 425 g/mol. The van der Waals surface area contributed by atoms with Crippen molar-refractivity contribution in [3.63, 3.8) is 0 Å². The molecule has 0 aliphatic heterocycles. The third-order valence-electron chi connectivity index (χ3n) is 10.4. The lowest BCUT2D eigenvalue weighted by molar-refractivity contribution is -0.243.